The van der Waals surface area contributed by atoms with Crippen LogP contribution in [0.1, 0.15) is 41.0 Å². The highest BCUT2D eigenvalue weighted by Crippen LogP contribution is 2.33. The van der Waals surface area contributed by atoms with Crippen molar-refractivity contribution in [3.8, 4) is 10.4 Å². The Hall–Kier alpha value is -1.99. The van der Waals surface area contributed by atoms with Gasteiger partial charge in [-0.2, -0.15) is 0 Å². The Morgan fingerprint density at radius 2 is 1.96 bits per heavy atom. The normalized spacial score (nSPS) is 12.5. The van der Waals surface area contributed by atoms with Crippen LogP contribution in [0.2, 0.25) is 0 Å². The fourth-order valence-electron chi connectivity index (χ4n) is 3.64. The van der Waals surface area contributed by atoms with Crippen LogP contribution < -0.4 is 10.9 Å². The van der Waals surface area contributed by atoms with Crippen molar-refractivity contribution in [2.45, 2.75) is 53.1 Å². The molecule has 1 amide bonds. The molecule has 7 heteroatoms. The molecule has 0 aliphatic carbocycles. The summed E-state index contributed by atoms with van der Waals surface area (Å²) < 4.78 is 1.40. The van der Waals surface area contributed by atoms with Gasteiger partial charge in [0.25, 0.3) is 5.56 Å². The van der Waals surface area contributed by atoms with Gasteiger partial charge in [-0.25, -0.2) is 4.98 Å². The minimum atomic E-state index is -0.346. The lowest BCUT2D eigenvalue weighted by atomic mass is 9.82. The van der Waals surface area contributed by atoms with Gasteiger partial charge in [0.05, 0.1) is 11.7 Å². The van der Waals surface area contributed by atoms with Crippen LogP contribution in [-0.4, -0.2) is 21.0 Å². The second-order valence-corrected chi connectivity index (χ2v) is 10.5. The predicted molar refractivity (Wildman–Crippen MR) is 113 cm³/mol. The van der Waals surface area contributed by atoms with E-state index in [9.17, 15) is 9.59 Å². The lowest BCUT2D eigenvalue weighted by Crippen LogP contribution is -2.47. The second-order valence-electron chi connectivity index (χ2n) is 8.65. The van der Waals surface area contributed by atoms with Gasteiger partial charge in [-0.3, -0.25) is 14.2 Å². The van der Waals surface area contributed by atoms with Gasteiger partial charge in [0, 0.05) is 21.4 Å². The molecule has 5 nitrogen and oxygen atoms in total. The summed E-state index contributed by atoms with van der Waals surface area (Å²) >= 11 is 3.04. The minimum absolute atomic E-state index is 0.0327. The molecule has 3 rings (SSSR count). The molecule has 0 bridgehead atoms. The quantitative estimate of drug-likeness (QED) is 0.681. The van der Waals surface area contributed by atoms with E-state index in [0.717, 1.165) is 16.9 Å². The van der Waals surface area contributed by atoms with Gasteiger partial charge >= 0.3 is 0 Å². The van der Waals surface area contributed by atoms with Crippen LogP contribution in [0, 0.1) is 5.41 Å². The summed E-state index contributed by atoms with van der Waals surface area (Å²) in [5.41, 5.74) is 0.472. The first-order valence-corrected chi connectivity index (χ1v) is 10.6. The van der Waals surface area contributed by atoms with E-state index in [-0.39, 0.29) is 29.0 Å². The number of nitrogens with zero attached hydrogens (tertiary/aromatic N) is 2. The summed E-state index contributed by atoms with van der Waals surface area (Å²) in [5.74, 6) is -0.180. The molecule has 3 aromatic rings. The first-order valence-electron chi connectivity index (χ1n) is 8.87. The van der Waals surface area contributed by atoms with Crippen molar-refractivity contribution in [1.29, 1.82) is 0 Å². The number of aromatic nitrogens is 2. The van der Waals surface area contributed by atoms with Crippen molar-refractivity contribution in [3.63, 3.8) is 0 Å². The third-order valence-corrected chi connectivity index (χ3v) is 5.90. The van der Waals surface area contributed by atoms with E-state index in [2.05, 4.69) is 31.1 Å². The van der Waals surface area contributed by atoms with E-state index in [0.29, 0.717) is 10.2 Å². The SMILES string of the molecule is CC(C)(C)CC(C)(C)NC(=O)Cn1cnc2scc(-c3cccs3)c2c1=O. The second kappa shape index (κ2) is 7.20. The van der Waals surface area contributed by atoms with Crippen molar-refractivity contribution < 1.29 is 4.79 Å². The first kappa shape index (κ1) is 19.8. The van der Waals surface area contributed by atoms with E-state index in [1.807, 2.05) is 36.7 Å². The van der Waals surface area contributed by atoms with Gasteiger partial charge in [-0.15, -0.1) is 22.7 Å². The summed E-state index contributed by atoms with van der Waals surface area (Å²) in [6.45, 7) is 10.4. The molecule has 0 atom stereocenters. The average molecular weight is 404 g/mol. The summed E-state index contributed by atoms with van der Waals surface area (Å²) in [7, 11) is 0. The van der Waals surface area contributed by atoms with E-state index in [1.165, 1.54) is 22.2 Å². The van der Waals surface area contributed by atoms with Crippen LogP contribution in [0.5, 0.6) is 0 Å². The summed E-state index contributed by atoms with van der Waals surface area (Å²) in [5, 5.41) is 7.59. The Labute approximate surface area is 167 Å². The molecule has 27 heavy (non-hydrogen) atoms. The van der Waals surface area contributed by atoms with Crippen molar-refractivity contribution in [1.82, 2.24) is 14.9 Å². The van der Waals surface area contributed by atoms with Crippen molar-refractivity contribution in [2.24, 2.45) is 5.41 Å². The molecule has 0 aromatic carbocycles. The minimum Gasteiger partial charge on any atom is -0.350 e. The zero-order valence-electron chi connectivity index (χ0n) is 16.3. The highest BCUT2D eigenvalue weighted by atomic mass is 32.1. The van der Waals surface area contributed by atoms with E-state index >= 15 is 0 Å². The predicted octanol–water partition coefficient (Wildman–Crippen LogP) is 4.52. The van der Waals surface area contributed by atoms with Crippen LogP contribution in [0.3, 0.4) is 0 Å². The van der Waals surface area contributed by atoms with Gasteiger partial charge in [-0.05, 0) is 37.1 Å². The van der Waals surface area contributed by atoms with Crippen LogP contribution in [-0.2, 0) is 11.3 Å². The molecule has 0 saturated heterocycles. The maximum atomic E-state index is 13.0. The molecular formula is C20H25N3O2S2. The third-order valence-electron chi connectivity index (χ3n) is 4.11. The summed E-state index contributed by atoms with van der Waals surface area (Å²) in [6, 6.07) is 3.95. The number of nitrogens with one attached hydrogen (secondary N) is 1. The molecular weight excluding hydrogens is 378 g/mol. The Morgan fingerprint density at radius 3 is 2.59 bits per heavy atom. The molecule has 0 spiro atoms. The highest BCUT2D eigenvalue weighted by Gasteiger charge is 2.27. The summed E-state index contributed by atoms with van der Waals surface area (Å²) in [4.78, 5) is 31.7. The number of hydrogen-bond acceptors (Lipinski definition) is 5. The maximum absolute atomic E-state index is 13.0. The lowest BCUT2D eigenvalue weighted by Gasteiger charge is -2.33. The molecule has 3 aromatic heterocycles. The first-order chi connectivity index (χ1) is 12.6. The Morgan fingerprint density at radius 1 is 1.22 bits per heavy atom. The van der Waals surface area contributed by atoms with Crippen LogP contribution in [0.15, 0.2) is 34.0 Å². The smallest absolute Gasteiger partial charge is 0.263 e. The van der Waals surface area contributed by atoms with Gasteiger partial charge < -0.3 is 5.32 Å². The number of carbonyl (C=O) groups excluding carboxylic acids is 1. The molecule has 0 aliphatic heterocycles. The molecule has 0 radical (unpaired) electrons. The monoisotopic (exact) mass is 403 g/mol. The van der Waals surface area contributed by atoms with E-state index in [4.69, 9.17) is 0 Å². The molecule has 0 unspecified atom stereocenters. The topological polar surface area (TPSA) is 64.0 Å². The van der Waals surface area contributed by atoms with Gasteiger partial charge in [0.1, 0.15) is 11.4 Å². The van der Waals surface area contributed by atoms with Gasteiger partial charge in [0.2, 0.25) is 5.91 Å². The van der Waals surface area contributed by atoms with Gasteiger partial charge in [0.15, 0.2) is 0 Å². The molecule has 0 fully saturated rings. The lowest BCUT2D eigenvalue weighted by molar-refractivity contribution is -0.123. The number of thiophene rings is 2. The largest absolute Gasteiger partial charge is 0.350 e. The summed E-state index contributed by atoms with van der Waals surface area (Å²) in [6.07, 6.45) is 2.31. The maximum Gasteiger partial charge on any atom is 0.263 e. The average Bonchev–Trinajstić information content (AvgIpc) is 3.15. The molecule has 3 heterocycles. The van der Waals surface area contributed by atoms with Crippen molar-refractivity contribution >= 4 is 38.8 Å². The van der Waals surface area contributed by atoms with Crippen LogP contribution in [0.25, 0.3) is 20.7 Å². The molecule has 144 valence electrons. The molecule has 1 N–H and O–H groups in total. The zero-order valence-corrected chi connectivity index (χ0v) is 18.0. The van der Waals surface area contributed by atoms with E-state index < -0.39 is 0 Å². The number of amides is 1. The fourth-order valence-corrected chi connectivity index (χ4v) is 5.36. The zero-order chi connectivity index (χ0) is 19.8. The number of hydrogen-bond donors (Lipinski definition) is 1. The Balaban J connectivity index is 1.85. The highest BCUT2D eigenvalue weighted by molar-refractivity contribution is 7.18. The number of rotatable bonds is 5. The Kier molecular flexibility index (Phi) is 5.27. The number of carbonyl (C=O) groups is 1. The Bertz CT molecular complexity index is 1010. The van der Waals surface area contributed by atoms with Gasteiger partial charge in [-0.1, -0.05) is 26.8 Å². The third kappa shape index (κ3) is 4.65. The van der Waals surface area contributed by atoms with Crippen LogP contribution in [0.4, 0.5) is 0 Å². The standard InChI is InChI=1S/C20H25N3O2S2/c1-19(2,3)11-20(4,5)22-15(24)9-23-12-21-17-16(18(23)25)13(10-27-17)14-7-6-8-26-14/h6-8,10,12H,9,11H2,1-5H3,(H,22,24). The van der Waals surface area contributed by atoms with Crippen molar-refractivity contribution in [2.75, 3.05) is 0 Å². The van der Waals surface area contributed by atoms with Crippen LogP contribution >= 0.6 is 22.7 Å². The fraction of sp³-hybridized carbons (Fsp3) is 0.450. The van der Waals surface area contributed by atoms with E-state index in [1.54, 1.807) is 11.3 Å². The number of fused-ring (bicyclic) bond motifs is 1. The van der Waals surface area contributed by atoms with Crippen molar-refractivity contribution in [3.05, 3.63) is 39.6 Å². The molecule has 0 saturated carbocycles. The molecule has 0 aliphatic rings.